The predicted octanol–water partition coefficient (Wildman–Crippen LogP) is 3.37. The lowest BCUT2D eigenvalue weighted by Crippen LogP contribution is -2.56. The molecule has 2 fully saturated rings. The molecular formula is C16H29NO2S. The van der Waals surface area contributed by atoms with E-state index in [1.165, 1.54) is 26.4 Å². The van der Waals surface area contributed by atoms with E-state index in [0.717, 1.165) is 36.7 Å². The van der Waals surface area contributed by atoms with Crippen molar-refractivity contribution in [3.63, 3.8) is 0 Å². The highest BCUT2D eigenvalue weighted by Crippen LogP contribution is 2.42. The van der Waals surface area contributed by atoms with Crippen molar-refractivity contribution in [2.75, 3.05) is 12.9 Å². The van der Waals surface area contributed by atoms with Gasteiger partial charge in [-0.05, 0) is 50.2 Å². The normalized spacial score (nSPS) is 31.2. The Kier molecular flexibility index (Phi) is 5.79. The van der Waals surface area contributed by atoms with Crippen LogP contribution in [-0.2, 0) is 9.53 Å². The van der Waals surface area contributed by atoms with Gasteiger partial charge in [-0.25, -0.2) is 0 Å². The van der Waals surface area contributed by atoms with Gasteiger partial charge in [-0.2, -0.15) is 11.8 Å². The molecule has 0 bridgehead atoms. The summed E-state index contributed by atoms with van der Waals surface area (Å²) < 4.78 is 5.14. The van der Waals surface area contributed by atoms with Crippen molar-refractivity contribution in [1.29, 1.82) is 0 Å². The highest BCUT2D eigenvalue weighted by atomic mass is 32.2. The van der Waals surface area contributed by atoms with E-state index in [1.54, 1.807) is 0 Å². The maximum absolute atomic E-state index is 12.4. The van der Waals surface area contributed by atoms with E-state index in [0.29, 0.717) is 12.0 Å². The van der Waals surface area contributed by atoms with Gasteiger partial charge < -0.3 is 4.74 Å². The van der Waals surface area contributed by atoms with E-state index < -0.39 is 0 Å². The summed E-state index contributed by atoms with van der Waals surface area (Å²) in [5, 5.41) is 4.36. The van der Waals surface area contributed by atoms with Gasteiger partial charge in [0.05, 0.1) is 7.11 Å². The quantitative estimate of drug-likeness (QED) is 0.697. The van der Waals surface area contributed by atoms with Crippen molar-refractivity contribution in [1.82, 2.24) is 5.32 Å². The first-order valence-electron chi connectivity index (χ1n) is 8.10. The molecule has 3 atom stereocenters. The Labute approximate surface area is 127 Å². The van der Waals surface area contributed by atoms with Gasteiger partial charge in [-0.3, -0.25) is 10.1 Å². The van der Waals surface area contributed by atoms with Crippen molar-refractivity contribution in [3.05, 3.63) is 0 Å². The van der Waals surface area contributed by atoms with Crippen LogP contribution in [0.5, 0.6) is 0 Å². The lowest BCUT2D eigenvalue weighted by Gasteiger charge is -2.34. The van der Waals surface area contributed by atoms with E-state index in [4.69, 9.17) is 4.74 Å². The zero-order chi connectivity index (χ0) is 14.6. The third-order valence-electron chi connectivity index (χ3n) is 4.85. The van der Waals surface area contributed by atoms with Gasteiger partial charge in [-0.1, -0.05) is 20.3 Å². The molecule has 2 aliphatic rings. The average Bonchev–Trinajstić information content (AvgIpc) is 3.18. The molecule has 1 N–H and O–H groups in total. The summed E-state index contributed by atoms with van der Waals surface area (Å²) in [6.45, 7) is 4.52. The Hall–Kier alpha value is -0.220. The molecular weight excluding hydrogens is 270 g/mol. The molecule has 2 aliphatic carbocycles. The van der Waals surface area contributed by atoms with Gasteiger partial charge in [0.25, 0.3) is 0 Å². The van der Waals surface area contributed by atoms with Crippen LogP contribution in [0.2, 0.25) is 0 Å². The standard InChI is InChI=1S/C16H29NO2S/c1-4-12(2)20-11-9-13-6-5-10-16(13,15(18)19-3)17-14-7-8-14/h12-14,17H,4-11H2,1-3H3. The fourth-order valence-electron chi connectivity index (χ4n) is 3.29. The molecule has 0 spiro atoms. The number of carbonyl (C=O) groups is 1. The first-order valence-corrected chi connectivity index (χ1v) is 9.15. The number of rotatable bonds is 8. The summed E-state index contributed by atoms with van der Waals surface area (Å²) in [7, 11) is 1.53. The van der Waals surface area contributed by atoms with Crippen LogP contribution in [-0.4, -0.2) is 35.7 Å². The van der Waals surface area contributed by atoms with Gasteiger partial charge >= 0.3 is 5.97 Å². The lowest BCUT2D eigenvalue weighted by atomic mass is 9.84. The molecule has 2 saturated carbocycles. The van der Waals surface area contributed by atoms with Crippen molar-refractivity contribution in [2.45, 2.75) is 75.6 Å². The smallest absolute Gasteiger partial charge is 0.326 e. The number of thioether (sulfide) groups is 1. The average molecular weight is 299 g/mol. The summed E-state index contributed by atoms with van der Waals surface area (Å²) in [6, 6.07) is 0.553. The fraction of sp³-hybridized carbons (Fsp3) is 0.938. The van der Waals surface area contributed by atoms with Crippen LogP contribution in [0.1, 0.15) is 58.8 Å². The Morgan fingerprint density at radius 2 is 2.20 bits per heavy atom. The molecule has 20 heavy (non-hydrogen) atoms. The van der Waals surface area contributed by atoms with E-state index in [1.807, 2.05) is 11.8 Å². The Balaban J connectivity index is 1.95. The second-order valence-corrected chi connectivity index (χ2v) is 7.90. The van der Waals surface area contributed by atoms with Gasteiger partial charge in [0, 0.05) is 11.3 Å². The predicted molar refractivity (Wildman–Crippen MR) is 85.1 cm³/mol. The van der Waals surface area contributed by atoms with Crippen LogP contribution >= 0.6 is 11.8 Å². The van der Waals surface area contributed by atoms with Crippen molar-refractivity contribution in [3.8, 4) is 0 Å². The summed E-state index contributed by atoms with van der Waals surface area (Å²) in [5.74, 6) is 1.58. The first kappa shape index (κ1) is 16.2. The van der Waals surface area contributed by atoms with Gasteiger partial charge in [0.15, 0.2) is 0 Å². The molecule has 0 aromatic rings. The van der Waals surface area contributed by atoms with Crippen LogP contribution in [0.4, 0.5) is 0 Å². The SMILES string of the molecule is CCC(C)SCCC1CCCC1(NC1CC1)C(=O)OC. The second-order valence-electron chi connectivity index (χ2n) is 6.35. The highest BCUT2D eigenvalue weighted by Gasteiger charge is 2.51. The largest absolute Gasteiger partial charge is 0.468 e. The molecule has 4 heteroatoms. The number of ether oxygens (including phenoxy) is 1. The fourth-order valence-corrected chi connectivity index (χ4v) is 4.35. The topological polar surface area (TPSA) is 38.3 Å². The molecule has 0 saturated heterocycles. The zero-order valence-corrected chi connectivity index (χ0v) is 13.9. The molecule has 0 radical (unpaired) electrons. The minimum Gasteiger partial charge on any atom is -0.468 e. The highest BCUT2D eigenvalue weighted by molar-refractivity contribution is 7.99. The third-order valence-corrected chi connectivity index (χ3v) is 6.23. The third kappa shape index (κ3) is 3.70. The number of hydrogen-bond donors (Lipinski definition) is 1. The second kappa shape index (κ2) is 7.17. The summed E-state index contributed by atoms with van der Waals surface area (Å²) in [6.07, 6.45) is 8.04. The molecule has 3 nitrogen and oxygen atoms in total. The molecule has 3 unspecified atom stereocenters. The Morgan fingerprint density at radius 3 is 2.80 bits per heavy atom. The summed E-state index contributed by atoms with van der Waals surface area (Å²) >= 11 is 2.04. The van der Waals surface area contributed by atoms with Crippen LogP contribution < -0.4 is 5.32 Å². The number of hydrogen-bond acceptors (Lipinski definition) is 4. The molecule has 0 aliphatic heterocycles. The molecule has 2 rings (SSSR count). The van der Waals surface area contributed by atoms with Crippen LogP contribution in [0.25, 0.3) is 0 Å². The van der Waals surface area contributed by atoms with Crippen LogP contribution in [0.15, 0.2) is 0 Å². The molecule has 0 heterocycles. The molecule has 0 aromatic heterocycles. The zero-order valence-electron chi connectivity index (χ0n) is 13.1. The van der Waals surface area contributed by atoms with Crippen LogP contribution in [0, 0.1) is 5.92 Å². The van der Waals surface area contributed by atoms with E-state index in [-0.39, 0.29) is 11.5 Å². The number of nitrogens with one attached hydrogen (secondary N) is 1. The van der Waals surface area contributed by atoms with Crippen molar-refractivity contribution < 1.29 is 9.53 Å². The lowest BCUT2D eigenvalue weighted by molar-refractivity contribution is -0.150. The number of carbonyl (C=O) groups excluding carboxylic acids is 1. The first-order chi connectivity index (χ1) is 9.62. The van der Waals surface area contributed by atoms with E-state index >= 15 is 0 Å². The summed E-state index contributed by atoms with van der Waals surface area (Å²) in [4.78, 5) is 12.4. The van der Waals surface area contributed by atoms with E-state index in [9.17, 15) is 4.79 Å². The van der Waals surface area contributed by atoms with Gasteiger partial charge in [-0.15, -0.1) is 0 Å². The van der Waals surface area contributed by atoms with Crippen LogP contribution in [0.3, 0.4) is 0 Å². The van der Waals surface area contributed by atoms with E-state index in [2.05, 4.69) is 19.2 Å². The number of esters is 1. The molecule has 0 amide bonds. The molecule has 116 valence electrons. The maximum Gasteiger partial charge on any atom is 0.326 e. The van der Waals surface area contributed by atoms with Crippen molar-refractivity contribution in [2.24, 2.45) is 5.92 Å². The van der Waals surface area contributed by atoms with Crippen molar-refractivity contribution >= 4 is 17.7 Å². The Bertz CT molecular complexity index is 332. The minimum absolute atomic E-state index is 0.0274. The Morgan fingerprint density at radius 1 is 1.45 bits per heavy atom. The number of methoxy groups -OCH3 is 1. The maximum atomic E-state index is 12.4. The van der Waals surface area contributed by atoms with Gasteiger partial charge in [0.1, 0.15) is 5.54 Å². The van der Waals surface area contributed by atoms with Gasteiger partial charge in [0.2, 0.25) is 0 Å². The minimum atomic E-state index is -0.383. The summed E-state index contributed by atoms with van der Waals surface area (Å²) in [5.41, 5.74) is -0.383. The monoisotopic (exact) mass is 299 g/mol. The molecule has 0 aromatic carbocycles.